The fraction of sp³-hybridized carbons (Fsp3) is 0.0909. The van der Waals surface area contributed by atoms with Gasteiger partial charge in [0.15, 0.2) is 0 Å². The third-order valence-corrected chi connectivity index (χ3v) is 2.14. The number of carbonyl (C=O) groups is 1. The molecule has 0 fully saturated rings. The molecule has 0 aliphatic heterocycles. The van der Waals surface area contributed by atoms with Gasteiger partial charge in [-0.05, 0) is 23.8 Å². The van der Waals surface area contributed by atoms with Gasteiger partial charge in [-0.1, -0.05) is 12.1 Å². The number of hydrogen-bond donors (Lipinski definition) is 1. The highest BCUT2D eigenvalue weighted by Crippen LogP contribution is 2.21. The molecule has 15 heavy (non-hydrogen) atoms. The largest absolute Gasteiger partial charge is 0.479 e. The molecule has 1 aromatic heterocycles. The second-order valence-corrected chi connectivity index (χ2v) is 3.16. The lowest BCUT2D eigenvalue weighted by Crippen LogP contribution is -2.05. The molecule has 0 spiro atoms. The van der Waals surface area contributed by atoms with Crippen molar-refractivity contribution in [2.24, 2.45) is 0 Å². The molecule has 0 radical (unpaired) electrons. The molecule has 0 aliphatic carbocycles. The second kappa shape index (κ2) is 3.65. The number of pyridine rings is 1. The van der Waals surface area contributed by atoms with E-state index in [0.717, 1.165) is 10.9 Å². The molecule has 0 bridgehead atoms. The predicted octanol–water partition coefficient (Wildman–Crippen LogP) is 2.33. The van der Waals surface area contributed by atoms with Gasteiger partial charge in [0, 0.05) is 11.6 Å². The molecule has 1 aromatic carbocycles. The van der Waals surface area contributed by atoms with Gasteiger partial charge in [0.2, 0.25) is 6.17 Å². The average Bonchev–Trinajstić information content (AvgIpc) is 2.27. The van der Waals surface area contributed by atoms with Crippen molar-refractivity contribution in [1.29, 1.82) is 0 Å². The summed E-state index contributed by atoms with van der Waals surface area (Å²) in [6.45, 7) is 0. The van der Waals surface area contributed by atoms with Crippen LogP contribution in [-0.4, -0.2) is 16.1 Å². The topological polar surface area (TPSA) is 50.2 Å². The van der Waals surface area contributed by atoms with E-state index in [0.29, 0.717) is 0 Å². The van der Waals surface area contributed by atoms with Gasteiger partial charge in [-0.3, -0.25) is 4.98 Å². The first-order valence-corrected chi connectivity index (χ1v) is 4.40. The molecule has 76 valence electrons. The van der Waals surface area contributed by atoms with E-state index in [9.17, 15) is 9.18 Å². The van der Waals surface area contributed by atoms with Crippen molar-refractivity contribution >= 4 is 16.9 Å². The van der Waals surface area contributed by atoms with Crippen LogP contribution in [0.25, 0.3) is 10.9 Å². The summed E-state index contributed by atoms with van der Waals surface area (Å²) in [6, 6.07) is 8.04. The molecule has 0 amide bonds. The molecule has 0 saturated heterocycles. The van der Waals surface area contributed by atoms with E-state index in [1.165, 1.54) is 12.1 Å². The van der Waals surface area contributed by atoms with Crippen molar-refractivity contribution in [3.05, 3.63) is 42.1 Å². The maximum absolute atomic E-state index is 13.2. The fourth-order valence-corrected chi connectivity index (χ4v) is 1.39. The van der Waals surface area contributed by atoms with E-state index in [1.54, 1.807) is 24.4 Å². The molecule has 0 saturated carbocycles. The number of halogens is 1. The lowest BCUT2D eigenvalue weighted by atomic mass is 10.1. The predicted molar refractivity (Wildman–Crippen MR) is 53.2 cm³/mol. The number of alkyl halides is 1. The van der Waals surface area contributed by atoms with Crippen molar-refractivity contribution in [3.63, 3.8) is 0 Å². The van der Waals surface area contributed by atoms with E-state index in [-0.39, 0.29) is 5.56 Å². The number of fused-ring (bicyclic) bond motifs is 1. The zero-order valence-corrected chi connectivity index (χ0v) is 7.72. The number of carboxylic acid groups (broad SMARTS) is 1. The molecule has 1 atom stereocenters. The number of carboxylic acids is 1. The highest BCUT2D eigenvalue weighted by atomic mass is 19.1. The maximum Gasteiger partial charge on any atom is 0.343 e. The average molecular weight is 205 g/mol. The molecule has 2 rings (SSSR count). The molecule has 1 N–H and O–H groups in total. The van der Waals surface area contributed by atoms with Crippen molar-refractivity contribution < 1.29 is 14.3 Å². The SMILES string of the molecule is O=C(O)[C@@H](F)c1ccc2ncccc2c1. The monoisotopic (exact) mass is 205 g/mol. The first kappa shape index (κ1) is 9.58. The van der Waals surface area contributed by atoms with Gasteiger partial charge >= 0.3 is 5.97 Å². The Morgan fingerprint density at radius 1 is 1.40 bits per heavy atom. The van der Waals surface area contributed by atoms with Gasteiger partial charge in [-0.25, -0.2) is 9.18 Å². The van der Waals surface area contributed by atoms with Crippen LogP contribution in [0.15, 0.2) is 36.5 Å². The number of nitrogens with zero attached hydrogens (tertiary/aromatic N) is 1. The minimum Gasteiger partial charge on any atom is -0.479 e. The van der Waals surface area contributed by atoms with E-state index >= 15 is 0 Å². The molecular formula is C11H8FNO2. The van der Waals surface area contributed by atoms with Gasteiger partial charge in [-0.2, -0.15) is 0 Å². The van der Waals surface area contributed by atoms with Gasteiger partial charge in [0.25, 0.3) is 0 Å². The quantitative estimate of drug-likeness (QED) is 0.818. The first-order valence-electron chi connectivity index (χ1n) is 4.40. The van der Waals surface area contributed by atoms with Gasteiger partial charge in [0.05, 0.1) is 5.52 Å². The smallest absolute Gasteiger partial charge is 0.343 e. The fourth-order valence-electron chi connectivity index (χ4n) is 1.39. The molecule has 0 unspecified atom stereocenters. The highest BCUT2D eigenvalue weighted by Gasteiger charge is 2.18. The molecule has 4 heteroatoms. The standard InChI is InChI=1S/C11H8FNO2/c12-10(11(14)15)8-3-4-9-7(6-8)2-1-5-13-9/h1-6,10H,(H,14,15)/t10-/m0/s1. The van der Waals surface area contributed by atoms with Crippen LogP contribution < -0.4 is 0 Å². The molecular weight excluding hydrogens is 197 g/mol. The zero-order valence-electron chi connectivity index (χ0n) is 7.72. The van der Waals surface area contributed by atoms with Crippen LogP contribution in [0.3, 0.4) is 0 Å². The Morgan fingerprint density at radius 2 is 2.20 bits per heavy atom. The summed E-state index contributed by atoms with van der Waals surface area (Å²) in [6.07, 6.45) is -0.346. The number of rotatable bonds is 2. The van der Waals surface area contributed by atoms with E-state index in [1.807, 2.05) is 0 Å². The van der Waals surface area contributed by atoms with E-state index < -0.39 is 12.1 Å². The lowest BCUT2D eigenvalue weighted by Gasteiger charge is -2.04. The Labute approximate surface area is 85.2 Å². The summed E-state index contributed by atoms with van der Waals surface area (Å²) in [5.41, 5.74) is 0.863. The zero-order chi connectivity index (χ0) is 10.8. The summed E-state index contributed by atoms with van der Waals surface area (Å²) >= 11 is 0. The number of hydrogen-bond acceptors (Lipinski definition) is 2. The third kappa shape index (κ3) is 1.79. The first-order chi connectivity index (χ1) is 7.18. The van der Waals surface area contributed by atoms with E-state index in [2.05, 4.69) is 4.98 Å². The number of aromatic nitrogens is 1. The van der Waals surface area contributed by atoms with Crippen LogP contribution >= 0.6 is 0 Å². The molecule has 1 heterocycles. The van der Waals surface area contributed by atoms with Crippen LogP contribution in [0.5, 0.6) is 0 Å². The Morgan fingerprint density at radius 3 is 2.93 bits per heavy atom. The van der Waals surface area contributed by atoms with Crippen molar-refractivity contribution in [2.45, 2.75) is 6.17 Å². The minimum atomic E-state index is -1.98. The Hall–Kier alpha value is -1.97. The molecule has 3 nitrogen and oxygen atoms in total. The van der Waals surface area contributed by atoms with Crippen molar-refractivity contribution in [3.8, 4) is 0 Å². The van der Waals surface area contributed by atoms with Crippen LogP contribution in [0.1, 0.15) is 11.7 Å². The second-order valence-electron chi connectivity index (χ2n) is 3.16. The molecule has 2 aromatic rings. The normalized spacial score (nSPS) is 12.6. The summed E-state index contributed by atoms with van der Waals surface area (Å²) in [4.78, 5) is 14.5. The maximum atomic E-state index is 13.2. The van der Waals surface area contributed by atoms with Gasteiger partial charge < -0.3 is 5.11 Å². The highest BCUT2D eigenvalue weighted by molar-refractivity contribution is 5.81. The lowest BCUT2D eigenvalue weighted by molar-refractivity contribution is -0.143. The molecule has 0 aliphatic rings. The summed E-state index contributed by atoms with van der Waals surface area (Å²) < 4.78 is 13.2. The number of benzene rings is 1. The third-order valence-electron chi connectivity index (χ3n) is 2.14. The summed E-state index contributed by atoms with van der Waals surface area (Å²) in [5.74, 6) is -1.47. The van der Waals surface area contributed by atoms with Crippen LogP contribution in [0.2, 0.25) is 0 Å². The Bertz CT molecular complexity index is 513. The Kier molecular flexibility index (Phi) is 2.33. The summed E-state index contributed by atoms with van der Waals surface area (Å²) in [5, 5.41) is 9.25. The van der Waals surface area contributed by atoms with Crippen LogP contribution in [-0.2, 0) is 4.79 Å². The van der Waals surface area contributed by atoms with Gasteiger partial charge in [-0.15, -0.1) is 0 Å². The van der Waals surface area contributed by atoms with Crippen molar-refractivity contribution in [2.75, 3.05) is 0 Å². The van der Waals surface area contributed by atoms with E-state index in [4.69, 9.17) is 5.11 Å². The van der Waals surface area contributed by atoms with Crippen LogP contribution in [0, 0.1) is 0 Å². The van der Waals surface area contributed by atoms with Gasteiger partial charge in [0.1, 0.15) is 0 Å². The number of aliphatic carboxylic acids is 1. The van der Waals surface area contributed by atoms with Crippen LogP contribution in [0.4, 0.5) is 4.39 Å². The van der Waals surface area contributed by atoms with Crippen molar-refractivity contribution in [1.82, 2.24) is 4.98 Å². The minimum absolute atomic E-state index is 0.142. The Balaban J connectivity index is 2.51. The summed E-state index contributed by atoms with van der Waals surface area (Å²) in [7, 11) is 0.